The molecule has 0 aliphatic carbocycles. The molecule has 1 N–H and O–H groups in total. The molecule has 37 heavy (non-hydrogen) atoms. The predicted molar refractivity (Wildman–Crippen MR) is 149 cm³/mol. The summed E-state index contributed by atoms with van der Waals surface area (Å²) in [5.74, 6) is 0.797. The molecule has 4 aromatic rings. The lowest BCUT2D eigenvalue weighted by atomic mass is 10.0. The quantitative estimate of drug-likeness (QED) is 0.253. The maximum absolute atomic E-state index is 11.5. The van der Waals surface area contributed by atoms with Crippen LogP contribution in [0.1, 0.15) is 12.5 Å². The average molecular weight is 556 g/mol. The van der Waals surface area contributed by atoms with E-state index < -0.39 is 10.0 Å². The van der Waals surface area contributed by atoms with Crippen molar-refractivity contribution < 1.29 is 13.2 Å². The summed E-state index contributed by atoms with van der Waals surface area (Å²) in [6.45, 7) is 2.92. The first-order chi connectivity index (χ1) is 17.7. The summed E-state index contributed by atoms with van der Waals surface area (Å²) in [5.41, 5.74) is 5.18. The minimum atomic E-state index is -3.43. The van der Waals surface area contributed by atoms with E-state index in [1.807, 2.05) is 48.2 Å². The maximum atomic E-state index is 11.5. The van der Waals surface area contributed by atoms with Crippen LogP contribution in [-0.2, 0) is 10.0 Å². The Balaban J connectivity index is 1.61. The van der Waals surface area contributed by atoms with Crippen LogP contribution in [0, 0.1) is 11.3 Å². The lowest BCUT2D eigenvalue weighted by Crippen LogP contribution is -2.16. The van der Waals surface area contributed by atoms with E-state index in [-0.39, 0.29) is 12.4 Å². The third-order valence-corrected chi connectivity index (χ3v) is 6.46. The van der Waals surface area contributed by atoms with Crippen molar-refractivity contribution in [2.45, 2.75) is 6.92 Å². The van der Waals surface area contributed by atoms with Crippen molar-refractivity contribution in [3.8, 4) is 22.9 Å². The normalized spacial score (nSPS) is 11.2. The van der Waals surface area contributed by atoms with Gasteiger partial charge in [-0.05, 0) is 54.4 Å². The first-order valence-electron chi connectivity index (χ1n) is 11.3. The van der Waals surface area contributed by atoms with E-state index >= 15 is 0 Å². The van der Waals surface area contributed by atoms with Crippen molar-refractivity contribution in [2.75, 3.05) is 34.9 Å². The van der Waals surface area contributed by atoms with Gasteiger partial charge in [0, 0.05) is 17.9 Å². The van der Waals surface area contributed by atoms with Gasteiger partial charge >= 0.3 is 0 Å². The van der Waals surface area contributed by atoms with Gasteiger partial charge in [0.25, 0.3) is 0 Å². The number of anilines is 3. The minimum absolute atomic E-state index is 0.171. The average Bonchev–Trinajstić information content (AvgIpc) is 2.87. The van der Waals surface area contributed by atoms with Crippen molar-refractivity contribution in [1.29, 1.82) is 5.26 Å². The largest absolute Gasteiger partial charge is 0.489 e. The number of sulfonamides is 1. The Morgan fingerprint density at radius 2 is 1.78 bits per heavy atom. The number of hydrogen-bond donors (Lipinski definition) is 1. The molecule has 0 aliphatic rings. The van der Waals surface area contributed by atoms with Gasteiger partial charge in [0.1, 0.15) is 12.7 Å². The Hall–Kier alpha value is -3.58. The van der Waals surface area contributed by atoms with Crippen LogP contribution in [0.2, 0.25) is 5.02 Å². The van der Waals surface area contributed by atoms with Crippen LogP contribution in [0.4, 0.5) is 17.2 Å². The molecule has 0 amide bonds. The number of rotatable bonds is 9. The summed E-state index contributed by atoms with van der Waals surface area (Å²) in [5, 5.41) is 9.96. The number of nitrogens with zero attached hydrogens (tertiary/aromatic N) is 4. The van der Waals surface area contributed by atoms with Crippen LogP contribution in [0.3, 0.4) is 0 Å². The fourth-order valence-corrected chi connectivity index (χ4v) is 4.71. The summed E-state index contributed by atoms with van der Waals surface area (Å²) in [6.07, 6.45) is 2.46. The molecule has 8 nitrogen and oxygen atoms in total. The number of nitriles is 1. The third kappa shape index (κ3) is 6.23. The molecular weight excluding hydrogens is 533 g/mol. The highest BCUT2D eigenvalue weighted by Crippen LogP contribution is 2.37. The molecule has 0 bridgehead atoms. The number of aromatic nitrogens is 2. The van der Waals surface area contributed by atoms with E-state index in [0.29, 0.717) is 39.8 Å². The molecule has 0 aliphatic heterocycles. The molecule has 11 heteroatoms. The van der Waals surface area contributed by atoms with Crippen molar-refractivity contribution in [3.05, 3.63) is 71.4 Å². The van der Waals surface area contributed by atoms with Crippen LogP contribution in [0.5, 0.6) is 5.75 Å². The standard InChI is InChI=1S/C26H23Cl2N5O3S/c1-3-33(21-12-19(15-29)26(22(28)14-21)36-11-10-27)20-7-4-17(5-8-20)18-6-9-23-24(13-18)30-16-25(31-23)32-37(2,34)35/h4-9,12-14,16H,3,10-11H2,1-2H3,(H,31,32). The molecule has 0 spiro atoms. The summed E-state index contributed by atoms with van der Waals surface area (Å²) >= 11 is 12.1. The van der Waals surface area contributed by atoms with Gasteiger partial charge in [-0.15, -0.1) is 11.6 Å². The van der Waals surface area contributed by atoms with Crippen LogP contribution in [0.25, 0.3) is 22.2 Å². The Kier molecular flexibility index (Phi) is 8.03. The molecule has 0 atom stereocenters. The second-order valence-electron chi connectivity index (χ2n) is 8.08. The lowest BCUT2D eigenvalue weighted by Gasteiger charge is -2.25. The Labute approximate surface area is 225 Å². The molecule has 1 aromatic heterocycles. The van der Waals surface area contributed by atoms with E-state index in [4.69, 9.17) is 27.9 Å². The number of ether oxygens (including phenoxy) is 1. The molecule has 3 aromatic carbocycles. The molecule has 190 valence electrons. The zero-order valence-corrected chi connectivity index (χ0v) is 22.4. The van der Waals surface area contributed by atoms with Gasteiger partial charge in [-0.25, -0.2) is 13.4 Å². The minimum Gasteiger partial charge on any atom is -0.489 e. The van der Waals surface area contributed by atoms with E-state index in [1.165, 1.54) is 6.20 Å². The highest BCUT2D eigenvalue weighted by molar-refractivity contribution is 7.92. The van der Waals surface area contributed by atoms with Crippen molar-refractivity contribution >= 4 is 61.5 Å². The second-order valence-corrected chi connectivity index (χ2v) is 10.6. The van der Waals surface area contributed by atoms with Crippen molar-refractivity contribution in [1.82, 2.24) is 9.97 Å². The van der Waals surface area contributed by atoms with Crippen LogP contribution in [-0.4, -0.2) is 43.7 Å². The summed E-state index contributed by atoms with van der Waals surface area (Å²) in [7, 11) is -3.43. The van der Waals surface area contributed by atoms with Crippen molar-refractivity contribution in [2.24, 2.45) is 0 Å². The summed E-state index contributed by atoms with van der Waals surface area (Å²) in [6, 6.07) is 19.3. The maximum Gasteiger partial charge on any atom is 0.231 e. The Morgan fingerprint density at radius 1 is 1.05 bits per heavy atom. The van der Waals surface area contributed by atoms with Crippen LogP contribution >= 0.6 is 23.2 Å². The summed E-state index contributed by atoms with van der Waals surface area (Å²) < 4.78 is 30.8. The number of benzene rings is 3. The fourth-order valence-electron chi connectivity index (χ4n) is 3.88. The van der Waals surface area contributed by atoms with Gasteiger partial charge in [-0.3, -0.25) is 9.71 Å². The highest BCUT2D eigenvalue weighted by Gasteiger charge is 2.16. The fraction of sp³-hybridized carbons (Fsp3) is 0.192. The van der Waals surface area contributed by atoms with Gasteiger partial charge in [0.05, 0.1) is 40.0 Å². The first kappa shape index (κ1) is 26.5. The second kappa shape index (κ2) is 11.2. The highest BCUT2D eigenvalue weighted by atomic mass is 35.5. The van der Waals surface area contributed by atoms with E-state index in [2.05, 4.69) is 20.8 Å². The van der Waals surface area contributed by atoms with Crippen molar-refractivity contribution in [3.63, 3.8) is 0 Å². The Bertz CT molecular complexity index is 1590. The van der Waals surface area contributed by atoms with Gasteiger partial charge in [0.15, 0.2) is 11.6 Å². The molecule has 0 unspecified atom stereocenters. The molecule has 0 radical (unpaired) electrons. The third-order valence-electron chi connectivity index (χ3n) is 5.44. The zero-order valence-electron chi connectivity index (χ0n) is 20.1. The number of hydrogen-bond acceptors (Lipinski definition) is 7. The van der Waals surface area contributed by atoms with Crippen LogP contribution < -0.4 is 14.4 Å². The number of nitrogens with one attached hydrogen (secondary N) is 1. The number of halogens is 2. The zero-order chi connectivity index (χ0) is 26.6. The first-order valence-corrected chi connectivity index (χ1v) is 14.1. The molecule has 0 saturated heterocycles. The van der Waals surface area contributed by atoms with Gasteiger partial charge in [-0.2, -0.15) is 5.26 Å². The predicted octanol–water partition coefficient (Wildman–Crippen LogP) is 5.97. The van der Waals surface area contributed by atoms with Crippen LogP contribution in [0.15, 0.2) is 60.8 Å². The summed E-state index contributed by atoms with van der Waals surface area (Å²) in [4.78, 5) is 10.7. The van der Waals surface area contributed by atoms with E-state index in [0.717, 1.165) is 28.8 Å². The Morgan fingerprint density at radius 3 is 2.43 bits per heavy atom. The topological polar surface area (TPSA) is 108 Å². The number of fused-ring (bicyclic) bond motifs is 1. The SMILES string of the molecule is CCN(c1ccc(-c2ccc3nc(NS(C)(=O)=O)cnc3c2)cc1)c1cc(Cl)c(OCCCl)c(C#N)c1. The molecule has 4 rings (SSSR count). The van der Waals surface area contributed by atoms with E-state index in [1.54, 1.807) is 18.2 Å². The van der Waals surface area contributed by atoms with Gasteiger partial charge < -0.3 is 9.64 Å². The molecule has 0 fully saturated rings. The smallest absolute Gasteiger partial charge is 0.231 e. The van der Waals surface area contributed by atoms with E-state index in [9.17, 15) is 13.7 Å². The molecule has 1 heterocycles. The monoisotopic (exact) mass is 555 g/mol. The number of alkyl halides is 1. The van der Waals surface area contributed by atoms with Gasteiger partial charge in [0.2, 0.25) is 10.0 Å². The van der Waals surface area contributed by atoms with Gasteiger partial charge in [-0.1, -0.05) is 29.8 Å². The lowest BCUT2D eigenvalue weighted by molar-refractivity contribution is 0.342. The molecular formula is C26H23Cl2N5O3S. The molecule has 0 saturated carbocycles.